The quantitative estimate of drug-likeness (QED) is 0.236. The minimum atomic E-state index is -0.532. The summed E-state index contributed by atoms with van der Waals surface area (Å²) >= 11 is 0. The van der Waals surface area contributed by atoms with Crippen molar-refractivity contribution in [3.05, 3.63) is 75.2 Å². The van der Waals surface area contributed by atoms with Gasteiger partial charge in [-0.05, 0) is 55.2 Å². The Balaban J connectivity index is 1.21. The Morgan fingerprint density at radius 3 is 2.50 bits per heavy atom. The maximum absolute atomic E-state index is 12.9. The van der Waals surface area contributed by atoms with Gasteiger partial charge in [0.15, 0.2) is 17.0 Å². The highest BCUT2D eigenvalue weighted by Crippen LogP contribution is 2.21. The summed E-state index contributed by atoms with van der Waals surface area (Å²) < 4.78 is 8.44. The number of hydrogen-bond acceptors (Lipinski definition) is 10. The van der Waals surface area contributed by atoms with Crippen molar-refractivity contribution < 1.29 is 9.53 Å². The molecule has 0 spiro atoms. The molecule has 5 rings (SSSR count). The fraction of sp³-hybridized carbons (Fsp3) is 0.452. The number of carbonyl (C=O) groups is 1. The van der Waals surface area contributed by atoms with Crippen LogP contribution in [-0.2, 0) is 18.4 Å². The van der Waals surface area contributed by atoms with Crippen molar-refractivity contribution in [1.82, 2.24) is 39.1 Å². The molecule has 13 heteroatoms. The number of carbonyl (C=O) groups excluding carboxylic acids is 1. The topological polar surface area (TPSA) is 154 Å². The van der Waals surface area contributed by atoms with Gasteiger partial charge >= 0.3 is 5.69 Å². The van der Waals surface area contributed by atoms with E-state index in [1.807, 2.05) is 35.2 Å². The van der Waals surface area contributed by atoms with E-state index in [4.69, 9.17) is 10.5 Å². The van der Waals surface area contributed by atoms with Gasteiger partial charge in [-0.3, -0.25) is 28.6 Å². The number of fused-ring (bicyclic) bond motifs is 1. The molecule has 232 valence electrons. The average molecular weight is 602 g/mol. The maximum Gasteiger partial charge on any atom is 0.332 e. The van der Waals surface area contributed by atoms with E-state index in [2.05, 4.69) is 32.0 Å². The van der Waals surface area contributed by atoms with E-state index in [0.717, 1.165) is 67.7 Å². The van der Waals surface area contributed by atoms with Gasteiger partial charge in [0.05, 0.1) is 19.7 Å². The summed E-state index contributed by atoms with van der Waals surface area (Å²) in [6.07, 6.45) is 7.46. The Morgan fingerprint density at radius 1 is 1.05 bits per heavy atom. The molecule has 44 heavy (non-hydrogen) atoms. The van der Waals surface area contributed by atoms with E-state index < -0.39 is 11.2 Å². The molecular weight excluding hydrogens is 562 g/mol. The van der Waals surface area contributed by atoms with Crippen LogP contribution in [0.4, 0.5) is 0 Å². The molecule has 1 amide bonds. The van der Waals surface area contributed by atoms with E-state index in [9.17, 15) is 14.4 Å². The van der Waals surface area contributed by atoms with Gasteiger partial charge in [0, 0.05) is 57.2 Å². The fourth-order valence-electron chi connectivity index (χ4n) is 5.62. The Labute approximate surface area is 255 Å². The molecule has 1 saturated heterocycles. The first kappa shape index (κ1) is 31.0. The molecule has 1 unspecified atom stereocenters. The second-order valence-corrected chi connectivity index (χ2v) is 11.0. The first-order valence-corrected chi connectivity index (χ1v) is 15.1. The highest BCUT2D eigenvalue weighted by atomic mass is 16.5. The standard InChI is InChI=1S/C31H39N9O4/c1-3-6-24(38-14-16-39(17-15-38)26(41)19-32)8-5-18-44-25-11-9-23(10-12-25)28-34-27-29(36-35-28)40(31(43)37(2)30(27)42)21-22-7-4-13-33-20-22/h4,7,9-13,20,24H,3,5-6,8,14-19,21,32H2,1-2H3. The third kappa shape index (κ3) is 7.00. The number of hydrogen-bond donors (Lipinski definition) is 1. The first-order valence-electron chi connectivity index (χ1n) is 15.1. The molecule has 0 aliphatic carbocycles. The van der Waals surface area contributed by atoms with Crippen molar-refractivity contribution in [1.29, 1.82) is 0 Å². The number of aromatic nitrogens is 6. The van der Waals surface area contributed by atoms with Crippen molar-refractivity contribution in [2.24, 2.45) is 12.8 Å². The van der Waals surface area contributed by atoms with Gasteiger partial charge in [0.1, 0.15) is 5.75 Å². The Bertz CT molecular complexity index is 1680. The summed E-state index contributed by atoms with van der Waals surface area (Å²) in [6.45, 7) is 6.25. The SMILES string of the molecule is CCCC(CCCOc1ccc(-c2nnc3c(n2)c(=O)n(C)c(=O)n3Cc2cccnc2)cc1)N1CCN(C(=O)CN)CC1. The zero-order valence-corrected chi connectivity index (χ0v) is 25.3. The molecule has 1 aliphatic heterocycles. The van der Waals surface area contributed by atoms with Crippen molar-refractivity contribution in [2.45, 2.75) is 45.2 Å². The van der Waals surface area contributed by atoms with Crippen LogP contribution in [-0.4, -0.2) is 90.4 Å². The normalized spacial score (nSPS) is 14.6. The van der Waals surface area contributed by atoms with Gasteiger partial charge in [-0.2, -0.15) is 0 Å². The number of nitrogens with two attached hydrogens (primary N) is 1. The van der Waals surface area contributed by atoms with Crippen molar-refractivity contribution in [3.8, 4) is 17.1 Å². The number of rotatable bonds is 12. The molecule has 13 nitrogen and oxygen atoms in total. The minimum absolute atomic E-state index is 0.0200. The van der Waals surface area contributed by atoms with Crippen LogP contribution in [0.3, 0.4) is 0 Å². The smallest absolute Gasteiger partial charge is 0.332 e. The summed E-state index contributed by atoms with van der Waals surface area (Å²) in [5.41, 5.74) is 6.14. The van der Waals surface area contributed by atoms with E-state index in [-0.39, 0.29) is 36.0 Å². The Kier molecular flexibility index (Phi) is 10.1. The summed E-state index contributed by atoms with van der Waals surface area (Å²) in [5, 5.41) is 8.48. The lowest BCUT2D eigenvalue weighted by molar-refractivity contribution is -0.131. The van der Waals surface area contributed by atoms with Gasteiger partial charge in [0.25, 0.3) is 5.56 Å². The molecule has 4 heterocycles. The second-order valence-electron chi connectivity index (χ2n) is 11.0. The lowest BCUT2D eigenvalue weighted by atomic mass is 10.0. The zero-order valence-electron chi connectivity index (χ0n) is 25.3. The number of ether oxygens (including phenoxy) is 1. The molecule has 1 atom stereocenters. The molecule has 1 aromatic carbocycles. The largest absolute Gasteiger partial charge is 0.494 e. The summed E-state index contributed by atoms with van der Waals surface area (Å²) in [5.74, 6) is 1.03. The molecule has 0 saturated carbocycles. The highest BCUT2D eigenvalue weighted by Gasteiger charge is 2.25. The number of amides is 1. The molecule has 0 radical (unpaired) electrons. The van der Waals surface area contributed by atoms with Gasteiger partial charge in [-0.15, -0.1) is 10.2 Å². The van der Waals surface area contributed by atoms with Crippen molar-refractivity contribution in [2.75, 3.05) is 39.3 Å². The van der Waals surface area contributed by atoms with Gasteiger partial charge in [0.2, 0.25) is 5.91 Å². The van der Waals surface area contributed by atoms with Gasteiger partial charge < -0.3 is 15.4 Å². The molecule has 2 N–H and O–H groups in total. The number of piperazine rings is 1. The molecule has 1 fully saturated rings. The second kappa shape index (κ2) is 14.3. The van der Waals surface area contributed by atoms with Crippen molar-refractivity contribution in [3.63, 3.8) is 0 Å². The van der Waals surface area contributed by atoms with Crippen LogP contribution in [0.15, 0.2) is 58.4 Å². The monoisotopic (exact) mass is 601 g/mol. The Hall–Kier alpha value is -4.49. The minimum Gasteiger partial charge on any atom is -0.494 e. The zero-order chi connectivity index (χ0) is 31.1. The molecule has 3 aromatic heterocycles. The summed E-state index contributed by atoms with van der Waals surface area (Å²) in [4.78, 5) is 50.7. The van der Waals surface area contributed by atoms with Gasteiger partial charge in [-0.1, -0.05) is 19.4 Å². The van der Waals surface area contributed by atoms with Crippen LogP contribution in [0.25, 0.3) is 22.6 Å². The third-order valence-electron chi connectivity index (χ3n) is 8.06. The lowest BCUT2D eigenvalue weighted by Crippen LogP contribution is -2.53. The van der Waals surface area contributed by atoms with Crippen LogP contribution in [0.1, 0.15) is 38.2 Å². The summed E-state index contributed by atoms with van der Waals surface area (Å²) in [6, 6.07) is 11.4. The molecule has 4 aromatic rings. The third-order valence-corrected chi connectivity index (χ3v) is 8.06. The van der Waals surface area contributed by atoms with Crippen LogP contribution < -0.4 is 21.7 Å². The highest BCUT2D eigenvalue weighted by molar-refractivity contribution is 5.78. The first-order chi connectivity index (χ1) is 21.4. The predicted molar refractivity (Wildman–Crippen MR) is 166 cm³/mol. The van der Waals surface area contributed by atoms with E-state index in [0.29, 0.717) is 18.2 Å². The molecule has 0 bridgehead atoms. The fourth-order valence-corrected chi connectivity index (χ4v) is 5.62. The predicted octanol–water partition coefficient (Wildman–Crippen LogP) is 1.43. The molecular formula is C31H39N9O4. The van der Waals surface area contributed by atoms with Crippen LogP contribution >= 0.6 is 0 Å². The average Bonchev–Trinajstić information content (AvgIpc) is 3.07. The van der Waals surface area contributed by atoms with Crippen LogP contribution in [0, 0.1) is 0 Å². The Morgan fingerprint density at radius 2 is 1.82 bits per heavy atom. The maximum atomic E-state index is 12.9. The van der Waals surface area contributed by atoms with Gasteiger partial charge in [-0.25, -0.2) is 9.78 Å². The summed E-state index contributed by atoms with van der Waals surface area (Å²) in [7, 11) is 1.42. The number of nitrogens with zero attached hydrogens (tertiary/aromatic N) is 8. The molecule has 1 aliphatic rings. The van der Waals surface area contributed by atoms with Crippen LogP contribution in [0.5, 0.6) is 5.75 Å². The van der Waals surface area contributed by atoms with Crippen molar-refractivity contribution >= 4 is 17.1 Å². The van der Waals surface area contributed by atoms with E-state index in [1.54, 1.807) is 18.5 Å². The van der Waals surface area contributed by atoms with E-state index in [1.165, 1.54) is 11.6 Å². The number of pyridine rings is 1. The van der Waals surface area contributed by atoms with Crippen LogP contribution in [0.2, 0.25) is 0 Å². The lowest BCUT2D eigenvalue weighted by Gasteiger charge is -2.39. The van der Waals surface area contributed by atoms with E-state index >= 15 is 0 Å². The number of benzene rings is 1.